The molecule has 2 N–H and O–H groups in total. The summed E-state index contributed by atoms with van der Waals surface area (Å²) in [6.45, 7) is -0.0290. The summed E-state index contributed by atoms with van der Waals surface area (Å²) in [7, 11) is 1.41. The van der Waals surface area contributed by atoms with E-state index in [1.54, 1.807) is 12.1 Å². The number of methoxy groups -OCH3 is 1. The molecule has 0 aromatic heterocycles. The summed E-state index contributed by atoms with van der Waals surface area (Å²) in [4.78, 5) is 11.4. The second-order valence-electron chi connectivity index (χ2n) is 4.68. The van der Waals surface area contributed by atoms with Crippen LogP contribution in [0, 0.1) is 0 Å². The van der Waals surface area contributed by atoms with Gasteiger partial charge in [0, 0.05) is 0 Å². The summed E-state index contributed by atoms with van der Waals surface area (Å²) in [6, 6.07) is 9.21. The van der Waals surface area contributed by atoms with Gasteiger partial charge in [-0.05, 0) is 29.8 Å². The molecule has 0 saturated heterocycles. The van der Waals surface area contributed by atoms with E-state index in [2.05, 4.69) is 0 Å². The van der Waals surface area contributed by atoms with Gasteiger partial charge in [-0.3, -0.25) is 4.79 Å². The van der Waals surface area contributed by atoms with Crippen LogP contribution in [0.15, 0.2) is 42.5 Å². The predicted octanol–water partition coefficient (Wildman–Crippen LogP) is 3.39. The van der Waals surface area contributed by atoms with Gasteiger partial charge in [-0.15, -0.1) is 0 Å². The molecule has 4 nitrogen and oxygen atoms in total. The first-order valence-corrected chi connectivity index (χ1v) is 6.58. The van der Waals surface area contributed by atoms with Crippen LogP contribution in [0.4, 0.5) is 13.2 Å². The van der Waals surface area contributed by atoms with Gasteiger partial charge in [-0.1, -0.05) is 18.2 Å². The van der Waals surface area contributed by atoms with Crippen molar-refractivity contribution < 1.29 is 27.4 Å². The second kappa shape index (κ2) is 6.60. The summed E-state index contributed by atoms with van der Waals surface area (Å²) in [5.74, 6) is -0.220. The Morgan fingerprint density at radius 2 is 1.78 bits per heavy atom. The minimum absolute atomic E-state index is 0.0290. The smallest absolute Gasteiger partial charge is 0.416 e. The number of hydrogen-bond donors (Lipinski definition) is 1. The first-order valence-electron chi connectivity index (χ1n) is 6.58. The maximum absolute atomic E-state index is 12.5. The maximum Gasteiger partial charge on any atom is 0.416 e. The Labute approximate surface area is 130 Å². The van der Waals surface area contributed by atoms with Gasteiger partial charge in [0.1, 0.15) is 6.61 Å². The number of carbonyl (C=O) groups excluding carboxylic acids is 1. The van der Waals surface area contributed by atoms with Crippen LogP contribution in [-0.4, -0.2) is 13.0 Å². The fourth-order valence-corrected chi connectivity index (χ4v) is 1.96. The van der Waals surface area contributed by atoms with E-state index >= 15 is 0 Å². The Morgan fingerprint density at radius 3 is 2.30 bits per heavy atom. The molecule has 0 heterocycles. The third-order valence-corrected chi connectivity index (χ3v) is 3.13. The van der Waals surface area contributed by atoms with Gasteiger partial charge in [0.05, 0.1) is 18.2 Å². The Hall–Kier alpha value is -2.70. The zero-order valence-electron chi connectivity index (χ0n) is 12.2. The molecule has 0 aliphatic carbocycles. The van der Waals surface area contributed by atoms with Crippen molar-refractivity contribution in [2.24, 2.45) is 5.73 Å². The molecule has 122 valence electrons. The van der Waals surface area contributed by atoms with E-state index < -0.39 is 17.6 Å². The van der Waals surface area contributed by atoms with E-state index in [-0.39, 0.29) is 17.9 Å². The summed E-state index contributed by atoms with van der Waals surface area (Å²) in [5, 5.41) is 0. The third kappa shape index (κ3) is 3.94. The highest BCUT2D eigenvalue weighted by molar-refractivity contribution is 5.96. The highest BCUT2D eigenvalue weighted by Crippen LogP contribution is 2.32. The van der Waals surface area contributed by atoms with Gasteiger partial charge in [0.25, 0.3) is 5.91 Å². The summed E-state index contributed by atoms with van der Waals surface area (Å²) >= 11 is 0. The van der Waals surface area contributed by atoms with E-state index in [0.717, 1.165) is 12.1 Å². The highest BCUT2D eigenvalue weighted by Gasteiger charge is 2.29. The molecule has 2 aromatic carbocycles. The fourth-order valence-electron chi connectivity index (χ4n) is 1.96. The molecule has 0 aliphatic rings. The topological polar surface area (TPSA) is 61.5 Å². The Bertz CT molecular complexity index is 697. The number of ether oxygens (including phenoxy) is 2. The lowest BCUT2D eigenvalue weighted by Gasteiger charge is -2.14. The molecular weight excluding hydrogens is 311 g/mol. The van der Waals surface area contributed by atoms with Crippen molar-refractivity contribution in [3.05, 3.63) is 59.2 Å². The molecular formula is C16H14F3NO3. The van der Waals surface area contributed by atoms with E-state index in [0.29, 0.717) is 11.3 Å². The van der Waals surface area contributed by atoms with Crippen LogP contribution in [-0.2, 0) is 12.8 Å². The molecule has 0 aliphatic heterocycles. The average molecular weight is 325 g/mol. The number of para-hydroxylation sites is 1. The zero-order valence-corrected chi connectivity index (χ0v) is 12.2. The standard InChI is InChI=1S/C16H14F3NO3/c1-22-13-4-2-3-12(15(20)21)14(13)23-9-10-5-7-11(8-6-10)16(17,18)19/h2-8H,9H2,1H3,(H2,20,21). The van der Waals surface area contributed by atoms with E-state index in [1.165, 1.54) is 25.3 Å². The molecule has 0 fully saturated rings. The van der Waals surface area contributed by atoms with Crippen molar-refractivity contribution in [3.63, 3.8) is 0 Å². The van der Waals surface area contributed by atoms with Crippen LogP contribution in [0.3, 0.4) is 0 Å². The molecule has 1 amide bonds. The van der Waals surface area contributed by atoms with Crippen molar-refractivity contribution >= 4 is 5.91 Å². The SMILES string of the molecule is COc1cccc(C(N)=O)c1OCc1ccc(C(F)(F)F)cc1. The van der Waals surface area contributed by atoms with Gasteiger partial charge in [-0.25, -0.2) is 0 Å². The van der Waals surface area contributed by atoms with Gasteiger partial charge in [0.15, 0.2) is 11.5 Å². The normalized spacial score (nSPS) is 11.1. The lowest BCUT2D eigenvalue weighted by Crippen LogP contribution is -2.13. The summed E-state index contributed by atoms with van der Waals surface area (Å²) < 4.78 is 48.2. The lowest BCUT2D eigenvalue weighted by molar-refractivity contribution is -0.137. The van der Waals surface area contributed by atoms with Gasteiger partial charge < -0.3 is 15.2 Å². The first kappa shape index (κ1) is 16.7. The average Bonchev–Trinajstić information content (AvgIpc) is 2.52. The molecule has 0 spiro atoms. The van der Waals surface area contributed by atoms with Crippen LogP contribution < -0.4 is 15.2 Å². The Balaban J connectivity index is 2.19. The predicted molar refractivity (Wildman–Crippen MR) is 77.3 cm³/mol. The Kier molecular flexibility index (Phi) is 4.78. The first-order chi connectivity index (χ1) is 10.8. The van der Waals surface area contributed by atoms with Crippen LogP contribution in [0.25, 0.3) is 0 Å². The van der Waals surface area contributed by atoms with Crippen molar-refractivity contribution in [1.82, 2.24) is 0 Å². The van der Waals surface area contributed by atoms with Crippen molar-refractivity contribution in [3.8, 4) is 11.5 Å². The highest BCUT2D eigenvalue weighted by atomic mass is 19.4. The third-order valence-electron chi connectivity index (χ3n) is 3.13. The molecule has 23 heavy (non-hydrogen) atoms. The number of halogens is 3. The number of alkyl halides is 3. The number of nitrogens with two attached hydrogens (primary N) is 1. The maximum atomic E-state index is 12.5. The number of hydrogen-bond acceptors (Lipinski definition) is 3. The molecule has 0 radical (unpaired) electrons. The summed E-state index contributed by atoms with van der Waals surface area (Å²) in [6.07, 6.45) is -4.39. The number of carbonyl (C=O) groups is 1. The van der Waals surface area contributed by atoms with Crippen LogP contribution in [0.1, 0.15) is 21.5 Å². The van der Waals surface area contributed by atoms with Gasteiger partial charge >= 0.3 is 6.18 Å². The molecule has 0 bridgehead atoms. The van der Waals surface area contributed by atoms with Crippen LogP contribution in [0.5, 0.6) is 11.5 Å². The number of amides is 1. The molecule has 0 unspecified atom stereocenters. The molecule has 2 aromatic rings. The van der Waals surface area contributed by atoms with E-state index in [1.807, 2.05) is 0 Å². The largest absolute Gasteiger partial charge is 0.493 e. The molecule has 2 rings (SSSR count). The van der Waals surface area contributed by atoms with Crippen molar-refractivity contribution in [2.75, 3.05) is 7.11 Å². The van der Waals surface area contributed by atoms with Gasteiger partial charge in [-0.2, -0.15) is 13.2 Å². The van der Waals surface area contributed by atoms with E-state index in [9.17, 15) is 18.0 Å². The molecule has 0 atom stereocenters. The minimum atomic E-state index is -4.39. The minimum Gasteiger partial charge on any atom is -0.493 e. The second-order valence-corrected chi connectivity index (χ2v) is 4.68. The Morgan fingerprint density at radius 1 is 1.13 bits per heavy atom. The van der Waals surface area contributed by atoms with Crippen LogP contribution in [0.2, 0.25) is 0 Å². The van der Waals surface area contributed by atoms with Gasteiger partial charge in [0.2, 0.25) is 0 Å². The quantitative estimate of drug-likeness (QED) is 0.916. The molecule has 0 saturated carbocycles. The van der Waals surface area contributed by atoms with Crippen molar-refractivity contribution in [1.29, 1.82) is 0 Å². The van der Waals surface area contributed by atoms with E-state index in [4.69, 9.17) is 15.2 Å². The van der Waals surface area contributed by atoms with Crippen LogP contribution >= 0.6 is 0 Å². The van der Waals surface area contributed by atoms with Crippen molar-refractivity contribution in [2.45, 2.75) is 12.8 Å². The number of benzene rings is 2. The lowest BCUT2D eigenvalue weighted by atomic mass is 10.1. The number of rotatable bonds is 5. The molecule has 7 heteroatoms. The monoisotopic (exact) mass is 325 g/mol. The summed E-state index contributed by atoms with van der Waals surface area (Å²) in [5.41, 5.74) is 5.18. The number of primary amides is 1. The fraction of sp³-hybridized carbons (Fsp3) is 0.188. The zero-order chi connectivity index (χ0) is 17.0.